The normalized spacial score (nSPS) is 22.1. The van der Waals surface area contributed by atoms with Gasteiger partial charge >= 0.3 is 0 Å². The molecule has 1 heterocycles. The largest absolute Gasteiger partial charge is 0.107 e. The number of hydrogen-bond donors (Lipinski definition) is 0. The van der Waals surface area contributed by atoms with Crippen molar-refractivity contribution in [3.05, 3.63) is 0 Å². The molecule has 0 aromatic rings. The first-order valence-electron chi connectivity index (χ1n) is 3.66. The molecule has 1 heteroatoms. The summed E-state index contributed by atoms with van der Waals surface area (Å²) in [6.07, 6.45) is 9.21. The molecule has 0 aromatic heterocycles. The molecule has 48 valence electrons. The van der Waals surface area contributed by atoms with Crippen molar-refractivity contribution >= 4 is 7.92 Å². The van der Waals surface area contributed by atoms with Crippen LogP contribution in [0.1, 0.15) is 26.2 Å². The van der Waals surface area contributed by atoms with E-state index in [1.807, 2.05) is 0 Å². The summed E-state index contributed by atoms with van der Waals surface area (Å²) in [4.78, 5) is 0. The maximum atomic E-state index is 2.31. The predicted molar refractivity (Wildman–Crippen MR) is 41.0 cm³/mol. The van der Waals surface area contributed by atoms with E-state index in [2.05, 4.69) is 6.92 Å². The molecule has 0 N–H and O–H groups in total. The van der Waals surface area contributed by atoms with Gasteiger partial charge in [0.05, 0.1) is 0 Å². The summed E-state index contributed by atoms with van der Waals surface area (Å²) >= 11 is 0. The summed E-state index contributed by atoms with van der Waals surface area (Å²) in [5.74, 6) is 0. The van der Waals surface area contributed by atoms with Crippen molar-refractivity contribution in [3.8, 4) is 0 Å². The highest BCUT2D eigenvalue weighted by molar-refractivity contribution is 7.57. The van der Waals surface area contributed by atoms with E-state index in [9.17, 15) is 0 Å². The van der Waals surface area contributed by atoms with Crippen LogP contribution < -0.4 is 0 Å². The summed E-state index contributed by atoms with van der Waals surface area (Å²) in [5, 5.41) is 0. The van der Waals surface area contributed by atoms with Gasteiger partial charge in [0.25, 0.3) is 0 Å². The average Bonchev–Trinajstić information content (AvgIpc) is 2.19. The maximum Gasteiger partial charge on any atom is -0.0326 e. The van der Waals surface area contributed by atoms with Crippen molar-refractivity contribution in [3.63, 3.8) is 0 Å². The van der Waals surface area contributed by atoms with Gasteiger partial charge in [-0.15, -0.1) is 7.92 Å². The Labute approximate surface area is 53.4 Å². The molecule has 1 saturated heterocycles. The third kappa shape index (κ3) is 1.74. The lowest BCUT2D eigenvalue weighted by Crippen LogP contribution is -1.81. The smallest absolute Gasteiger partial charge is 0.0326 e. The Morgan fingerprint density at radius 3 is 2.38 bits per heavy atom. The van der Waals surface area contributed by atoms with Crippen LogP contribution in [0.3, 0.4) is 0 Å². The predicted octanol–water partition coefficient (Wildman–Crippen LogP) is 2.67. The molecular weight excluding hydrogens is 115 g/mol. The van der Waals surface area contributed by atoms with Crippen molar-refractivity contribution in [2.24, 2.45) is 0 Å². The lowest BCUT2D eigenvalue weighted by atomic mass is 10.4. The van der Waals surface area contributed by atoms with Crippen LogP contribution in [-0.2, 0) is 0 Å². The molecule has 0 unspecified atom stereocenters. The maximum absolute atomic E-state index is 2.31. The summed E-state index contributed by atoms with van der Waals surface area (Å²) in [7, 11) is 0.555. The van der Waals surface area contributed by atoms with Crippen LogP contribution >= 0.6 is 7.92 Å². The first-order valence-corrected chi connectivity index (χ1v) is 5.55. The van der Waals surface area contributed by atoms with Crippen LogP contribution in [-0.4, -0.2) is 18.5 Å². The molecule has 0 aliphatic carbocycles. The highest BCUT2D eigenvalue weighted by atomic mass is 31.1. The number of rotatable bonds is 2. The van der Waals surface area contributed by atoms with Crippen LogP contribution in [0.15, 0.2) is 0 Å². The molecule has 0 amide bonds. The lowest BCUT2D eigenvalue weighted by molar-refractivity contribution is 0.949. The van der Waals surface area contributed by atoms with Gasteiger partial charge in [0.2, 0.25) is 0 Å². The van der Waals surface area contributed by atoms with Gasteiger partial charge in [-0.2, -0.15) is 0 Å². The highest BCUT2D eigenvalue weighted by Gasteiger charge is 2.11. The van der Waals surface area contributed by atoms with Crippen LogP contribution in [0.25, 0.3) is 0 Å². The molecule has 0 atom stereocenters. The van der Waals surface area contributed by atoms with Gasteiger partial charge in [-0.05, 0) is 31.3 Å². The highest BCUT2D eigenvalue weighted by Crippen LogP contribution is 2.43. The minimum Gasteiger partial charge on any atom is -0.107 e. The Hall–Kier alpha value is 0.430. The molecule has 0 bridgehead atoms. The van der Waals surface area contributed by atoms with E-state index >= 15 is 0 Å². The summed E-state index contributed by atoms with van der Waals surface area (Å²) < 4.78 is 0. The van der Waals surface area contributed by atoms with Crippen molar-refractivity contribution < 1.29 is 0 Å². The van der Waals surface area contributed by atoms with Crippen LogP contribution in [0.5, 0.6) is 0 Å². The third-order valence-corrected chi connectivity index (χ3v) is 4.72. The molecule has 1 aliphatic rings. The lowest BCUT2D eigenvalue weighted by Gasteiger charge is -2.04. The van der Waals surface area contributed by atoms with Crippen molar-refractivity contribution in [1.29, 1.82) is 0 Å². The van der Waals surface area contributed by atoms with E-state index in [0.717, 1.165) is 0 Å². The van der Waals surface area contributed by atoms with Gasteiger partial charge in [-0.1, -0.05) is 13.3 Å². The molecule has 1 rings (SSSR count). The van der Waals surface area contributed by atoms with Crippen LogP contribution in [0.4, 0.5) is 0 Å². The van der Waals surface area contributed by atoms with Gasteiger partial charge < -0.3 is 0 Å². The molecule has 1 aliphatic heterocycles. The zero-order chi connectivity index (χ0) is 5.82. The Bertz CT molecular complexity index is 55.4. The molecule has 0 saturated carbocycles. The van der Waals surface area contributed by atoms with E-state index in [1.165, 1.54) is 19.3 Å². The minimum atomic E-state index is 0.555. The Kier molecular flexibility index (Phi) is 2.83. The third-order valence-electron chi connectivity index (χ3n) is 1.74. The SMILES string of the molecule is CCCP1CCCC1. The Balaban J connectivity index is 2.06. The van der Waals surface area contributed by atoms with Crippen LogP contribution in [0, 0.1) is 0 Å². The van der Waals surface area contributed by atoms with E-state index in [-0.39, 0.29) is 0 Å². The summed E-state index contributed by atoms with van der Waals surface area (Å²) in [5.41, 5.74) is 0. The van der Waals surface area contributed by atoms with E-state index in [0.29, 0.717) is 7.92 Å². The van der Waals surface area contributed by atoms with E-state index in [4.69, 9.17) is 0 Å². The molecule has 0 aromatic carbocycles. The summed E-state index contributed by atoms with van der Waals surface area (Å²) in [6.45, 7) is 2.31. The second-order valence-corrected chi connectivity index (χ2v) is 5.23. The average molecular weight is 130 g/mol. The first kappa shape index (κ1) is 6.55. The van der Waals surface area contributed by atoms with Crippen molar-refractivity contribution in [2.45, 2.75) is 26.2 Å². The molecule has 0 spiro atoms. The van der Waals surface area contributed by atoms with Gasteiger partial charge in [0, 0.05) is 0 Å². The van der Waals surface area contributed by atoms with E-state index < -0.39 is 0 Å². The zero-order valence-corrected chi connectivity index (χ0v) is 6.58. The van der Waals surface area contributed by atoms with Crippen LogP contribution in [0.2, 0.25) is 0 Å². The summed E-state index contributed by atoms with van der Waals surface area (Å²) in [6, 6.07) is 0. The Morgan fingerprint density at radius 1 is 1.25 bits per heavy atom. The fourth-order valence-electron chi connectivity index (χ4n) is 1.32. The molecule has 1 fully saturated rings. The first-order chi connectivity index (χ1) is 3.93. The van der Waals surface area contributed by atoms with Crippen molar-refractivity contribution in [1.82, 2.24) is 0 Å². The topological polar surface area (TPSA) is 0 Å². The van der Waals surface area contributed by atoms with Gasteiger partial charge in [0.1, 0.15) is 0 Å². The molecule has 0 nitrogen and oxygen atoms in total. The van der Waals surface area contributed by atoms with Crippen molar-refractivity contribution in [2.75, 3.05) is 18.5 Å². The van der Waals surface area contributed by atoms with Gasteiger partial charge in [-0.25, -0.2) is 0 Å². The minimum absolute atomic E-state index is 0.555. The van der Waals surface area contributed by atoms with E-state index in [1.54, 1.807) is 18.5 Å². The fraction of sp³-hybridized carbons (Fsp3) is 1.00. The number of hydrogen-bond acceptors (Lipinski definition) is 0. The molecule has 8 heavy (non-hydrogen) atoms. The standard InChI is InChI=1S/C7H15P/c1-2-5-8-6-3-4-7-8/h2-7H2,1H3. The quantitative estimate of drug-likeness (QED) is 0.504. The second kappa shape index (κ2) is 3.45. The van der Waals surface area contributed by atoms with Gasteiger partial charge in [0.15, 0.2) is 0 Å². The monoisotopic (exact) mass is 130 g/mol. The fourth-order valence-corrected chi connectivity index (χ4v) is 3.97. The zero-order valence-electron chi connectivity index (χ0n) is 5.69. The van der Waals surface area contributed by atoms with Gasteiger partial charge in [-0.3, -0.25) is 0 Å². The molecular formula is C7H15P. The Morgan fingerprint density at radius 2 is 1.88 bits per heavy atom. The molecule has 0 radical (unpaired) electrons. The second-order valence-electron chi connectivity index (χ2n) is 2.55.